The summed E-state index contributed by atoms with van der Waals surface area (Å²) in [4.78, 5) is 15.0. The third kappa shape index (κ3) is 3.18. The van der Waals surface area contributed by atoms with E-state index < -0.39 is 5.54 Å². The highest BCUT2D eigenvalue weighted by Crippen LogP contribution is 2.23. The number of halogens is 1. The Hall–Kier alpha value is -1.13. The van der Waals surface area contributed by atoms with Gasteiger partial charge in [-0.25, -0.2) is 4.98 Å². The standard InChI is InChI=1S/C10H13ClN2O2/c1-10(12,6-9(14)15-2)7-3-4-13-8(11)5-7/h3-5H,6,12H2,1-2H3/t10-/m0/s1. The Balaban J connectivity index is 2.90. The second kappa shape index (κ2) is 4.59. The number of carbonyl (C=O) groups excluding carboxylic acids is 1. The summed E-state index contributed by atoms with van der Waals surface area (Å²) >= 11 is 5.74. The maximum atomic E-state index is 11.1. The second-order valence-corrected chi connectivity index (χ2v) is 3.92. The molecule has 0 fully saturated rings. The minimum absolute atomic E-state index is 0.101. The van der Waals surface area contributed by atoms with Crippen LogP contribution in [-0.2, 0) is 15.1 Å². The second-order valence-electron chi connectivity index (χ2n) is 3.54. The molecule has 0 radical (unpaired) electrons. The number of hydrogen-bond acceptors (Lipinski definition) is 4. The summed E-state index contributed by atoms with van der Waals surface area (Å²) in [5.74, 6) is -0.354. The summed E-state index contributed by atoms with van der Waals surface area (Å²) in [7, 11) is 1.33. The number of ether oxygens (including phenoxy) is 1. The highest BCUT2D eigenvalue weighted by Gasteiger charge is 2.25. The van der Waals surface area contributed by atoms with Crippen molar-refractivity contribution in [2.75, 3.05) is 7.11 Å². The molecule has 1 aromatic heterocycles. The molecule has 0 amide bonds. The van der Waals surface area contributed by atoms with Gasteiger partial charge in [0.1, 0.15) is 5.15 Å². The molecule has 0 spiro atoms. The number of carbonyl (C=O) groups is 1. The van der Waals surface area contributed by atoms with Crippen LogP contribution in [0.5, 0.6) is 0 Å². The van der Waals surface area contributed by atoms with E-state index in [1.807, 2.05) is 0 Å². The van der Waals surface area contributed by atoms with Gasteiger partial charge in [0.25, 0.3) is 0 Å². The smallest absolute Gasteiger partial charge is 0.307 e. The predicted molar refractivity (Wildman–Crippen MR) is 57.4 cm³/mol. The number of hydrogen-bond donors (Lipinski definition) is 1. The number of esters is 1. The van der Waals surface area contributed by atoms with Crippen molar-refractivity contribution in [3.05, 3.63) is 29.0 Å². The van der Waals surface area contributed by atoms with E-state index in [-0.39, 0.29) is 12.4 Å². The lowest BCUT2D eigenvalue weighted by atomic mass is 9.91. The van der Waals surface area contributed by atoms with Crippen LogP contribution in [-0.4, -0.2) is 18.1 Å². The first kappa shape index (κ1) is 11.9. The van der Waals surface area contributed by atoms with Crippen molar-refractivity contribution in [2.45, 2.75) is 18.9 Å². The molecular weight excluding hydrogens is 216 g/mol. The van der Waals surface area contributed by atoms with Gasteiger partial charge in [-0.1, -0.05) is 11.6 Å². The number of pyridine rings is 1. The Morgan fingerprint density at radius 3 is 2.93 bits per heavy atom. The molecule has 1 heterocycles. The van der Waals surface area contributed by atoms with E-state index in [0.29, 0.717) is 5.15 Å². The summed E-state index contributed by atoms with van der Waals surface area (Å²) in [5.41, 5.74) is 5.96. The Morgan fingerprint density at radius 2 is 2.40 bits per heavy atom. The molecule has 1 rings (SSSR count). The summed E-state index contributed by atoms with van der Waals surface area (Å²) in [6.07, 6.45) is 1.66. The van der Waals surface area contributed by atoms with Crippen LogP contribution in [0, 0.1) is 0 Å². The maximum absolute atomic E-state index is 11.1. The third-order valence-electron chi connectivity index (χ3n) is 2.13. The highest BCUT2D eigenvalue weighted by atomic mass is 35.5. The summed E-state index contributed by atoms with van der Waals surface area (Å²) < 4.78 is 4.57. The largest absolute Gasteiger partial charge is 0.469 e. The molecule has 0 aliphatic carbocycles. The van der Waals surface area contributed by atoms with Crippen molar-refractivity contribution in [3.63, 3.8) is 0 Å². The van der Waals surface area contributed by atoms with Crippen molar-refractivity contribution >= 4 is 17.6 Å². The molecule has 0 saturated heterocycles. The van der Waals surface area contributed by atoms with Crippen molar-refractivity contribution in [3.8, 4) is 0 Å². The summed E-state index contributed by atoms with van der Waals surface area (Å²) in [6.45, 7) is 1.75. The molecular formula is C10H13ClN2O2. The monoisotopic (exact) mass is 228 g/mol. The predicted octanol–water partition coefficient (Wildman–Crippen LogP) is 1.47. The number of aromatic nitrogens is 1. The highest BCUT2D eigenvalue weighted by molar-refractivity contribution is 6.29. The van der Waals surface area contributed by atoms with Crippen molar-refractivity contribution in [1.29, 1.82) is 0 Å². The molecule has 4 nitrogen and oxygen atoms in total. The van der Waals surface area contributed by atoms with Crippen LogP contribution < -0.4 is 5.73 Å². The minimum Gasteiger partial charge on any atom is -0.469 e. The van der Waals surface area contributed by atoms with E-state index in [2.05, 4.69) is 9.72 Å². The van der Waals surface area contributed by atoms with Gasteiger partial charge in [0.2, 0.25) is 0 Å². The number of rotatable bonds is 3. The summed E-state index contributed by atoms with van der Waals surface area (Å²) in [6, 6.07) is 3.37. The van der Waals surface area contributed by atoms with Gasteiger partial charge in [-0.05, 0) is 24.6 Å². The van der Waals surface area contributed by atoms with Crippen LogP contribution in [0.2, 0.25) is 5.15 Å². The molecule has 1 aromatic rings. The Morgan fingerprint density at radius 1 is 1.73 bits per heavy atom. The van der Waals surface area contributed by atoms with Crippen LogP contribution in [0.1, 0.15) is 18.9 Å². The lowest BCUT2D eigenvalue weighted by Crippen LogP contribution is -2.36. The molecule has 0 aliphatic rings. The zero-order valence-corrected chi connectivity index (χ0v) is 9.41. The van der Waals surface area contributed by atoms with Gasteiger partial charge < -0.3 is 10.5 Å². The average Bonchev–Trinajstić information content (AvgIpc) is 2.17. The van der Waals surface area contributed by atoms with E-state index in [1.165, 1.54) is 7.11 Å². The molecule has 2 N–H and O–H groups in total. The van der Waals surface area contributed by atoms with Crippen molar-refractivity contribution < 1.29 is 9.53 Å². The van der Waals surface area contributed by atoms with E-state index in [4.69, 9.17) is 17.3 Å². The average molecular weight is 229 g/mol. The SMILES string of the molecule is COC(=O)C[C@](C)(N)c1ccnc(Cl)c1. The molecule has 82 valence electrons. The van der Waals surface area contributed by atoms with Gasteiger partial charge in [-0.15, -0.1) is 0 Å². The number of nitrogens with zero attached hydrogens (tertiary/aromatic N) is 1. The third-order valence-corrected chi connectivity index (χ3v) is 2.33. The van der Waals surface area contributed by atoms with E-state index in [0.717, 1.165) is 5.56 Å². The van der Waals surface area contributed by atoms with Gasteiger partial charge in [-0.3, -0.25) is 4.79 Å². The first-order valence-electron chi connectivity index (χ1n) is 4.43. The first-order chi connectivity index (χ1) is 6.95. The van der Waals surface area contributed by atoms with Gasteiger partial charge in [0.05, 0.1) is 13.5 Å². The molecule has 0 aromatic carbocycles. The lowest BCUT2D eigenvalue weighted by molar-refractivity contribution is -0.141. The molecule has 0 aliphatic heterocycles. The van der Waals surface area contributed by atoms with Crippen molar-refractivity contribution in [1.82, 2.24) is 4.98 Å². The molecule has 1 atom stereocenters. The molecule has 5 heteroatoms. The zero-order chi connectivity index (χ0) is 11.5. The van der Waals surface area contributed by atoms with Gasteiger partial charge >= 0.3 is 5.97 Å². The number of methoxy groups -OCH3 is 1. The van der Waals surface area contributed by atoms with Crippen LogP contribution in [0.15, 0.2) is 18.3 Å². The number of nitrogens with two attached hydrogens (primary N) is 1. The normalized spacial score (nSPS) is 14.4. The van der Waals surface area contributed by atoms with Gasteiger partial charge in [0.15, 0.2) is 0 Å². The van der Waals surface area contributed by atoms with E-state index >= 15 is 0 Å². The van der Waals surface area contributed by atoms with Crippen LogP contribution in [0.3, 0.4) is 0 Å². The van der Waals surface area contributed by atoms with Crippen LogP contribution in [0.4, 0.5) is 0 Å². The summed E-state index contributed by atoms with van der Waals surface area (Å²) in [5, 5.41) is 0.356. The molecule has 15 heavy (non-hydrogen) atoms. The first-order valence-corrected chi connectivity index (χ1v) is 4.81. The molecule has 0 bridgehead atoms. The van der Waals surface area contributed by atoms with E-state index in [1.54, 1.807) is 25.3 Å². The molecule has 0 saturated carbocycles. The maximum Gasteiger partial charge on any atom is 0.307 e. The van der Waals surface area contributed by atoms with Crippen LogP contribution in [0.25, 0.3) is 0 Å². The zero-order valence-electron chi connectivity index (χ0n) is 8.66. The Bertz CT molecular complexity index is 366. The fourth-order valence-electron chi connectivity index (χ4n) is 1.23. The fourth-order valence-corrected chi connectivity index (χ4v) is 1.41. The minimum atomic E-state index is -0.792. The quantitative estimate of drug-likeness (QED) is 0.629. The lowest BCUT2D eigenvalue weighted by Gasteiger charge is -2.23. The molecule has 0 unspecified atom stereocenters. The van der Waals surface area contributed by atoms with E-state index in [9.17, 15) is 4.79 Å². The van der Waals surface area contributed by atoms with Crippen LogP contribution >= 0.6 is 11.6 Å². The topological polar surface area (TPSA) is 65.2 Å². The van der Waals surface area contributed by atoms with Gasteiger partial charge in [0, 0.05) is 11.7 Å². The van der Waals surface area contributed by atoms with Crippen molar-refractivity contribution in [2.24, 2.45) is 5.73 Å². The van der Waals surface area contributed by atoms with Gasteiger partial charge in [-0.2, -0.15) is 0 Å². The Labute approximate surface area is 93.4 Å². The Kier molecular flexibility index (Phi) is 3.66. The fraction of sp³-hybridized carbons (Fsp3) is 0.400.